The molecule has 1 heterocycles. The molecule has 0 saturated carbocycles. The van der Waals surface area contributed by atoms with Crippen molar-refractivity contribution in [3.63, 3.8) is 0 Å². The molecule has 162 valence electrons. The van der Waals surface area contributed by atoms with Gasteiger partial charge in [0.1, 0.15) is 11.4 Å². The Bertz CT molecular complexity index is 1240. The number of nitrogens with one attached hydrogen (secondary N) is 1. The van der Waals surface area contributed by atoms with E-state index in [-0.39, 0.29) is 17.5 Å². The summed E-state index contributed by atoms with van der Waals surface area (Å²) < 4.78 is 5.25. The lowest BCUT2D eigenvalue weighted by Gasteiger charge is -2.18. The van der Waals surface area contributed by atoms with Crippen LogP contribution in [0.25, 0.3) is 5.57 Å². The van der Waals surface area contributed by atoms with Crippen molar-refractivity contribution in [1.29, 1.82) is 0 Å². The molecule has 0 unspecified atom stereocenters. The highest BCUT2D eigenvalue weighted by Crippen LogP contribution is 2.36. The maximum atomic E-state index is 13.6. The maximum Gasteiger partial charge on any atom is 0.282 e. The zero-order valence-electron chi connectivity index (χ0n) is 18.9. The summed E-state index contributed by atoms with van der Waals surface area (Å²) >= 11 is 0. The van der Waals surface area contributed by atoms with Gasteiger partial charge >= 0.3 is 0 Å². The molecular formula is C27H26N2O3. The molecule has 0 spiro atoms. The van der Waals surface area contributed by atoms with Crippen molar-refractivity contribution < 1.29 is 14.3 Å². The van der Waals surface area contributed by atoms with Gasteiger partial charge in [0.2, 0.25) is 0 Å². The minimum Gasteiger partial charge on any atom is -0.497 e. The predicted octanol–water partition coefficient (Wildman–Crippen LogP) is 5.33. The fourth-order valence-electron chi connectivity index (χ4n) is 4.04. The van der Waals surface area contributed by atoms with Crippen LogP contribution in [0.4, 0.5) is 11.4 Å². The Hall–Kier alpha value is -3.86. The molecule has 2 amide bonds. The van der Waals surface area contributed by atoms with Gasteiger partial charge < -0.3 is 10.1 Å². The highest BCUT2D eigenvalue weighted by atomic mass is 16.5. The largest absolute Gasteiger partial charge is 0.497 e. The lowest BCUT2D eigenvalue weighted by atomic mass is 10.0. The summed E-state index contributed by atoms with van der Waals surface area (Å²) in [5, 5.41) is 3.25. The van der Waals surface area contributed by atoms with Crippen molar-refractivity contribution in [1.82, 2.24) is 0 Å². The van der Waals surface area contributed by atoms with Crippen molar-refractivity contribution in [2.24, 2.45) is 0 Å². The molecule has 0 atom stereocenters. The van der Waals surface area contributed by atoms with E-state index in [9.17, 15) is 9.59 Å². The van der Waals surface area contributed by atoms with Crippen molar-refractivity contribution >= 4 is 28.8 Å². The van der Waals surface area contributed by atoms with Gasteiger partial charge in [0.25, 0.3) is 11.8 Å². The van der Waals surface area contributed by atoms with Crippen molar-refractivity contribution in [3.8, 4) is 5.75 Å². The number of carbonyl (C=O) groups is 2. The smallest absolute Gasteiger partial charge is 0.282 e. The molecule has 1 N–H and O–H groups in total. The highest BCUT2D eigenvalue weighted by Gasteiger charge is 2.40. The summed E-state index contributed by atoms with van der Waals surface area (Å²) in [5.74, 6) is -0.0317. The zero-order chi connectivity index (χ0) is 23.0. The van der Waals surface area contributed by atoms with Gasteiger partial charge in [-0.25, -0.2) is 4.90 Å². The summed E-state index contributed by atoms with van der Waals surface area (Å²) in [7, 11) is 1.59. The molecule has 0 fully saturated rings. The molecule has 3 aromatic rings. The van der Waals surface area contributed by atoms with Crippen LogP contribution < -0.4 is 15.0 Å². The van der Waals surface area contributed by atoms with Gasteiger partial charge in [-0.15, -0.1) is 0 Å². The van der Waals surface area contributed by atoms with Gasteiger partial charge in [0.15, 0.2) is 0 Å². The number of imide groups is 1. The first-order chi connectivity index (χ1) is 15.3. The molecule has 3 aromatic carbocycles. The van der Waals surface area contributed by atoms with Gasteiger partial charge in [-0.3, -0.25) is 9.59 Å². The number of carbonyl (C=O) groups excluding carboxylic acids is 2. The minimum atomic E-state index is -0.367. The number of methoxy groups -OCH3 is 1. The van der Waals surface area contributed by atoms with Gasteiger partial charge in [-0.1, -0.05) is 30.3 Å². The third-order valence-corrected chi connectivity index (χ3v) is 5.56. The first-order valence-corrected chi connectivity index (χ1v) is 10.5. The van der Waals surface area contributed by atoms with Crippen LogP contribution in [0.3, 0.4) is 0 Å². The number of benzene rings is 3. The minimum absolute atomic E-state index is 0.270. The fourth-order valence-corrected chi connectivity index (χ4v) is 4.04. The lowest BCUT2D eigenvalue weighted by Crippen LogP contribution is -2.33. The summed E-state index contributed by atoms with van der Waals surface area (Å²) in [6, 6.07) is 18.9. The molecule has 32 heavy (non-hydrogen) atoms. The highest BCUT2D eigenvalue weighted by molar-refractivity contribution is 6.46. The lowest BCUT2D eigenvalue weighted by molar-refractivity contribution is -0.120. The molecular weight excluding hydrogens is 400 g/mol. The third-order valence-electron chi connectivity index (χ3n) is 5.56. The van der Waals surface area contributed by atoms with E-state index in [4.69, 9.17) is 4.74 Å². The second-order valence-corrected chi connectivity index (χ2v) is 8.22. The quantitative estimate of drug-likeness (QED) is 0.561. The van der Waals surface area contributed by atoms with Crippen LogP contribution in [0.5, 0.6) is 5.75 Å². The van der Waals surface area contributed by atoms with Crippen LogP contribution in [0.2, 0.25) is 0 Å². The number of anilines is 2. The third kappa shape index (κ3) is 3.89. The van der Waals surface area contributed by atoms with Gasteiger partial charge in [0, 0.05) is 5.69 Å². The molecule has 0 aliphatic carbocycles. The van der Waals surface area contributed by atoms with Crippen LogP contribution in [-0.4, -0.2) is 18.9 Å². The standard InChI is InChI=1S/C27H26N2O3/c1-16-6-7-19(4)23(15-16)29-26(30)24(20-8-10-22(32-5)11-9-20)25(27(29)31)28-21-13-17(2)12-18(3)14-21/h6-15,28H,1-5H3. The number of rotatable bonds is 5. The van der Waals surface area contributed by atoms with Crippen LogP contribution in [-0.2, 0) is 9.59 Å². The van der Waals surface area contributed by atoms with Crippen LogP contribution >= 0.6 is 0 Å². The van der Waals surface area contributed by atoms with E-state index in [1.165, 1.54) is 4.90 Å². The molecule has 0 radical (unpaired) electrons. The monoisotopic (exact) mass is 426 g/mol. The van der Waals surface area contributed by atoms with Gasteiger partial charge in [-0.2, -0.15) is 0 Å². The van der Waals surface area contributed by atoms with Crippen molar-refractivity contribution in [2.75, 3.05) is 17.3 Å². The molecule has 0 saturated heterocycles. The molecule has 0 aromatic heterocycles. The summed E-state index contributed by atoms with van der Waals surface area (Å²) in [6.07, 6.45) is 0. The number of amides is 2. The number of nitrogens with zero attached hydrogens (tertiary/aromatic N) is 1. The Morgan fingerprint density at radius 1 is 0.750 bits per heavy atom. The number of ether oxygens (including phenoxy) is 1. The van der Waals surface area contributed by atoms with E-state index in [0.717, 1.165) is 27.9 Å². The first-order valence-electron chi connectivity index (χ1n) is 10.5. The Morgan fingerprint density at radius 2 is 1.41 bits per heavy atom. The van der Waals surface area contributed by atoms with Crippen molar-refractivity contribution in [2.45, 2.75) is 27.7 Å². The Labute approximate surface area is 188 Å². The van der Waals surface area contributed by atoms with Crippen LogP contribution in [0.1, 0.15) is 27.8 Å². The molecule has 5 heteroatoms. The average Bonchev–Trinajstić information content (AvgIpc) is 2.98. The number of hydrogen-bond acceptors (Lipinski definition) is 4. The molecule has 0 bridgehead atoms. The first kappa shape index (κ1) is 21.4. The fraction of sp³-hybridized carbons (Fsp3) is 0.185. The number of aryl methyl sites for hydroxylation is 4. The maximum absolute atomic E-state index is 13.6. The normalized spacial score (nSPS) is 13.7. The topological polar surface area (TPSA) is 58.6 Å². The molecule has 5 nitrogen and oxygen atoms in total. The molecule has 1 aliphatic rings. The van der Waals surface area contributed by atoms with E-state index < -0.39 is 0 Å². The second-order valence-electron chi connectivity index (χ2n) is 8.22. The van der Waals surface area contributed by atoms with E-state index in [0.29, 0.717) is 22.6 Å². The van der Waals surface area contributed by atoms with Gasteiger partial charge in [0.05, 0.1) is 18.4 Å². The summed E-state index contributed by atoms with van der Waals surface area (Å²) in [6.45, 7) is 7.85. The Balaban J connectivity index is 1.86. The number of hydrogen-bond donors (Lipinski definition) is 1. The van der Waals surface area contributed by atoms with E-state index in [2.05, 4.69) is 11.4 Å². The Kier molecular flexibility index (Phi) is 5.57. The van der Waals surface area contributed by atoms with E-state index >= 15 is 0 Å². The van der Waals surface area contributed by atoms with Crippen LogP contribution in [0, 0.1) is 27.7 Å². The zero-order valence-corrected chi connectivity index (χ0v) is 18.9. The van der Waals surface area contributed by atoms with Crippen molar-refractivity contribution in [3.05, 3.63) is 94.2 Å². The second kappa shape index (κ2) is 8.35. The van der Waals surface area contributed by atoms with Gasteiger partial charge in [-0.05, 0) is 85.8 Å². The summed E-state index contributed by atoms with van der Waals surface area (Å²) in [5.41, 5.74) is 6.62. The Morgan fingerprint density at radius 3 is 2.03 bits per heavy atom. The summed E-state index contributed by atoms with van der Waals surface area (Å²) in [4.78, 5) is 28.5. The molecule has 1 aliphatic heterocycles. The van der Waals surface area contributed by atoms with Crippen LogP contribution in [0.15, 0.2) is 66.4 Å². The van der Waals surface area contributed by atoms with E-state index in [1.54, 1.807) is 31.4 Å². The SMILES string of the molecule is COc1ccc(C2=C(Nc3cc(C)cc(C)c3)C(=O)N(c3cc(C)ccc3C)C2=O)cc1. The average molecular weight is 427 g/mol. The predicted molar refractivity (Wildman–Crippen MR) is 128 cm³/mol. The molecule has 4 rings (SSSR count). The van der Waals surface area contributed by atoms with E-state index in [1.807, 2.05) is 58.0 Å².